The second kappa shape index (κ2) is 10.1. The van der Waals surface area contributed by atoms with Crippen molar-refractivity contribution in [3.8, 4) is 5.75 Å². The molecule has 4 atom stereocenters. The largest absolute Gasteiger partial charge is 0.508 e. The summed E-state index contributed by atoms with van der Waals surface area (Å²) in [4.78, 5) is 38.9. The van der Waals surface area contributed by atoms with E-state index < -0.39 is 29.7 Å². The van der Waals surface area contributed by atoms with Crippen LogP contribution in [0.1, 0.15) is 57.9 Å². The van der Waals surface area contributed by atoms with Crippen LogP contribution in [0.15, 0.2) is 41.0 Å². The molecule has 7 nitrogen and oxygen atoms in total. The maximum atomic E-state index is 13.1. The normalized spacial score (nSPS) is 26.7. The molecule has 3 amide bonds. The van der Waals surface area contributed by atoms with Gasteiger partial charge in [-0.15, -0.1) is 0 Å². The lowest BCUT2D eigenvalue weighted by Crippen LogP contribution is -2.38. The number of nitrogens with zero attached hydrogens (tertiary/aromatic N) is 1. The van der Waals surface area contributed by atoms with Crippen molar-refractivity contribution in [1.82, 2.24) is 4.90 Å². The van der Waals surface area contributed by atoms with Crippen LogP contribution in [0.2, 0.25) is 0 Å². The molecule has 2 aliphatic heterocycles. The Labute approximate surface area is 200 Å². The van der Waals surface area contributed by atoms with Crippen LogP contribution in [-0.2, 0) is 19.1 Å². The number of allylic oxidation sites excluding steroid dienone is 2. The molecule has 3 aliphatic rings. The number of methoxy groups -OCH3 is 1. The van der Waals surface area contributed by atoms with Gasteiger partial charge in [0.1, 0.15) is 5.75 Å². The van der Waals surface area contributed by atoms with Gasteiger partial charge in [0.2, 0.25) is 11.8 Å². The number of aromatic hydroxyl groups is 1. The van der Waals surface area contributed by atoms with Gasteiger partial charge >= 0.3 is 6.09 Å². The second-order valence-corrected chi connectivity index (χ2v) is 9.34. The van der Waals surface area contributed by atoms with Crippen LogP contribution in [-0.4, -0.2) is 47.7 Å². The van der Waals surface area contributed by atoms with Gasteiger partial charge in [-0.3, -0.25) is 9.59 Å². The number of hydrogen-bond acceptors (Lipinski definition) is 6. The Morgan fingerprint density at radius 3 is 2.56 bits per heavy atom. The summed E-state index contributed by atoms with van der Waals surface area (Å²) in [6.07, 6.45) is 6.04. The number of imide groups is 3. The quantitative estimate of drug-likeness (QED) is 0.455. The zero-order valence-corrected chi connectivity index (χ0v) is 20.1. The molecule has 182 valence electrons. The number of likely N-dealkylation sites (tertiary alicyclic amines) is 1. The fourth-order valence-electron chi connectivity index (χ4n) is 5.76. The molecule has 0 unspecified atom stereocenters. The predicted octanol–water partition coefficient (Wildman–Crippen LogP) is 4.85. The second-order valence-electron chi connectivity index (χ2n) is 9.34. The highest BCUT2D eigenvalue weighted by molar-refractivity contribution is 6.16. The van der Waals surface area contributed by atoms with Crippen LogP contribution >= 0.6 is 0 Å². The van der Waals surface area contributed by atoms with Gasteiger partial charge in [0.25, 0.3) is 0 Å². The molecule has 34 heavy (non-hydrogen) atoms. The number of fused-ring (bicyclic) bond motifs is 3. The van der Waals surface area contributed by atoms with Gasteiger partial charge in [-0.25, -0.2) is 4.79 Å². The minimum Gasteiger partial charge on any atom is -0.508 e. The summed E-state index contributed by atoms with van der Waals surface area (Å²) < 4.78 is 10.9. The van der Waals surface area contributed by atoms with Crippen LogP contribution in [0.3, 0.4) is 0 Å². The smallest absolute Gasteiger partial charge is 0.423 e. The number of carbonyl (C=O) groups excluding carboxylic acids is 3. The third kappa shape index (κ3) is 4.41. The molecule has 4 rings (SSSR count). The molecule has 0 saturated carbocycles. The molecular formula is C27H33NO6. The number of rotatable bonds is 7. The summed E-state index contributed by atoms with van der Waals surface area (Å²) in [5.41, 5.74) is 4.72. The number of benzene rings is 1. The van der Waals surface area contributed by atoms with E-state index in [9.17, 15) is 19.5 Å². The van der Waals surface area contributed by atoms with Crippen LogP contribution in [0.5, 0.6) is 5.75 Å². The standard InChI is InChI=1S/C27H33NO6/c1-4-6-18-14-20-24(26(31)28(25(20)30)27(32)33-3)21-15-34-22(23(18)21)12-9-16(5-2)13-17-7-10-19(29)11-8-17/h7-8,10-11,13,20-22,24,29H,4-6,9,12,14-15H2,1-3H3/b16-13+/t20-,21+,22-,24-/m1/s1. The zero-order chi connectivity index (χ0) is 24.4. The molecule has 1 aromatic rings. The van der Waals surface area contributed by atoms with Gasteiger partial charge in [0.05, 0.1) is 31.7 Å². The molecule has 0 radical (unpaired) electrons. The first kappa shape index (κ1) is 24.2. The third-order valence-corrected chi connectivity index (χ3v) is 7.36. The summed E-state index contributed by atoms with van der Waals surface area (Å²) >= 11 is 0. The molecular weight excluding hydrogens is 434 g/mol. The average Bonchev–Trinajstić information content (AvgIpc) is 3.36. The minimum absolute atomic E-state index is 0.0858. The van der Waals surface area contributed by atoms with E-state index in [1.165, 1.54) is 23.8 Å². The number of ether oxygens (including phenoxy) is 2. The number of amides is 3. The van der Waals surface area contributed by atoms with Gasteiger partial charge < -0.3 is 14.6 Å². The van der Waals surface area contributed by atoms with E-state index in [0.717, 1.165) is 37.7 Å². The highest BCUT2D eigenvalue weighted by Gasteiger charge is 2.58. The molecule has 7 heteroatoms. The van der Waals surface area contributed by atoms with Crippen molar-refractivity contribution in [3.05, 3.63) is 46.5 Å². The molecule has 1 N–H and O–H groups in total. The monoisotopic (exact) mass is 467 g/mol. The van der Waals surface area contributed by atoms with Crippen molar-refractivity contribution < 1.29 is 29.0 Å². The lowest BCUT2D eigenvalue weighted by Gasteiger charge is -2.31. The molecule has 2 heterocycles. The summed E-state index contributed by atoms with van der Waals surface area (Å²) in [5.74, 6) is -1.87. The maximum absolute atomic E-state index is 13.1. The third-order valence-electron chi connectivity index (χ3n) is 7.36. The van der Waals surface area contributed by atoms with Crippen molar-refractivity contribution in [2.45, 2.75) is 58.5 Å². The van der Waals surface area contributed by atoms with Gasteiger partial charge in [-0.05, 0) is 55.4 Å². The predicted molar refractivity (Wildman–Crippen MR) is 127 cm³/mol. The van der Waals surface area contributed by atoms with Crippen molar-refractivity contribution in [1.29, 1.82) is 0 Å². The average molecular weight is 468 g/mol. The van der Waals surface area contributed by atoms with Crippen LogP contribution in [0.25, 0.3) is 6.08 Å². The highest BCUT2D eigenvalue weighted by Crippen LogP contribution is 2.50. The molecule has 1 aliphatic carbocycles. The summed E-state index contributed by atoms with van der Waals surface area (Å²) in [7, 11) is 1.18. The Morgan fingerprint density at radius 2 is 1.91 bits per heavy atom. The molecule has 0 bridgehead atoms. The Hall–Kier alpha value is -2.93. The lowest BCUT2D eigenvalue weighted by atomic mass is 9.68. The first-order chi connectivity index (χ1) is 16.4. The number of carbonyl (C=O) groups is 3. The fourth-order valence-corrected chi connectivity index (χ4v) is 5.76. The SMILES string of the molecule is CCCC1=C2[C@@H](CC/C(=C/c3ccc(O)cc3)CC)OC[C@@H]2[C@@H]2C(=O)N(C(=O)OC)C(=O)[C@@H]2C1. The highest BCUT2D eigenvalue weighted by atomic mass is 16.5. The van der Waals surface area contributed by atoms with Crippen molar-refractivity contribution in [2.24, 2.45) is 17.8 Å². The lowest BCUT2D eigenvalue weighted by molar-refractivity contribution is -0.137. The van der Waals surface area contributed by atoms with Crippen molar-refractivity contribution >= 4 is 24.0 Å². The molecule has 1 aromatic carbocycles. The fraction of sp³-hybridized carbons (Fsp3) is 0.519. The summed E-state index contributed by atoms with van der Waals surface area (Å²) in [6.45, 7) is 4.63. The van der Waals surface area contributed by atoms with Crippen LogP contribution in [0.4, 0.5) is 4.79 Å². The van der Waals surface area contributed by atoms with Gasteiger partial charge in [0.15, 0.2) is 0 Å². The van der Waals surface area contributed by atoms with E-state index in [2.05, 4.69) is 19.9 Å². The van der Waals surface area contributed by atoms with Gasteiger partial charge in [0, 0.05) is 5.92 Å². The van der Waals surface area contributed by atoms with Crippen LogP contribution in [0, 0.1) is 17.8 Å². The van der Waals surface area contributed by atoms with Crippen molar-refractivity contribution in [3.63, 3.8) is 0 Å². The van der Waals surface area contributed by atoms with E-state index >= 15 is 0 Å². The van der Waals surface area contributed by atoms with E-state index in [4.69, 9.17) is 9.47 Å². The zero-order valence-electron chi connectivity index (χ0n) is 20.1. The molecule has 2 saturated heterocycles. The maximum Gasteiger partial charge on any atom is 0.423 e. The van der Waals surface area contributed by atoms with Crippen LogP contribution < -0.4 is 0 Å². The molecule has 0 spiro atoms. The number of hydrogen-bond donors (Lipinski definition) is 1. The van der Waals surface area contributed by atoms with Gasteiger partial charge in [-0.1, -0.05) is 49.6 Å². The molecule has 0 aromatic heterocycles. The van der Waals surface area contributed by atoms with E-state index in [1.807, 2.05) is 12.1 Å². The van der Waals surface area contributed by atoms with E-state index in [-0.39, 0.29) is 17.8 Å². The Kier molecular flexibility index (Phi) is 7.22. The van der Waals surface area contributed by atoms with E-state index in [1.54, 1.807) is 12.1 Å². The first-order valence-corrected chi connectivity index (χ1v) is 12.2. The topological polar surface area (TPSA) is 93.1 Å². The minimum atomic E-state index is -0.898. The number of phenols is 1. The summed E-state index contributed by atoms with van der Waals surface area (Å²) in [5, 5.41) is 9.52. The van der Waals surface area contributed by atoms with Gasteiger partial charge in [-0.2, -0.15) is 4.90 Å². The first-order valence-electron chi connectivity index (χ1n) is 12.2. The number of phenolic OH excluding ortho intramolecular Hbond substituents is 1. The van der Waals surface area contributed by atoms with Crippen molar-refractivity contribution in [2.75, 3.05) is 13.7 Å². The summed E-state index contributed by atoms with van der Waals surface area (Å²) in [6, 6.07) is 7.15. The van der Waals surface area contributed by atoms with E-state index in [0.29, 0.717) is 17.9 Å². The Bertz CT molecular complexity index is 1020. The Balaban J connectivity index is 1.55. The Morgan fingerprint density at radius 1 is 1.18 bits per heavy atom. The molecule has 2 fully saturated rings.